The summed E-state index contributed by atoms with van der Waals surface area (Å²) in [5.41, 5.74) is 4.52. The van der Waals surface area contributed by atoms with Gasteiger partial charge in [-0.05, 0) is 37.1 Å². The van der Waals surface area contributed by atoms with Crippen LogP contribution in [0.5, 0.6) is 0 Å². The van der Waals surface area contributed by atoms with Crippen LogP contribution >= 0.6 is 12.8 Å². The molecule has 0 saturated carbocycles. The van der Waals surface area contributed by atoms with Gasteiger partial charge in [-0.2, -0.15) is 4.47 Å². The Bertz CT molecular complexity index is 422. The van der Waals surface area contributed by atoms with Gasteiger partial charge in [-0.3, -0.25) is 0 Å². The Kier molecular flexibility index (Phi) is 3.69. The van der Waals surface area contributed by atoms with Gasteiger partial charge in [-0.1, -0.05) is 36.4 Å². The van der Waals surface area contributed by atoms with Crippen LogP contribution in [0.2, 0.25) is 0 Å². The highest BCUT2D eigenvalue weighted by Crippen LogP contribution is 2.16. The van der Waals surface area contributed by atoms with Crippen molar-refractivity contribution in [3.63, 3.8) is 0 Å². The predicted octanol–water partition coefficient (Wildman–Crippen LogP) is 3.30. The largest absolute Gasteiger partial charge is 0.241 e. The first-order chi connectivity index (χ1) is 7.86. The van der Waals surface area contributed by atoms with Crippen molar-refractivity contribution in [3.05, 3.63) is 60.7 Å². The third-order valence-corrected chi connectivity index (χ3v) is 2.31. The van der Waals surface area contributed by atoms with E-state index >= 15 is 0 Å². The SMILES string of the molecule is SN(ONc1ccccc1)c1ccccc1. The van der Waals surface area contributed by atoms with Gasteiger partial charge < -0.3 is 0 Å². The molecule has 0 radical (unpaired) electrons. The van der Waals surface area contributed by atoms with Crippen LogP contribution in [-0.4, -0.2) is 0 Å². The van der Waals surface area contributed by atoms with Crippen molar-refractivity contribution in [2.75, 3.05) is 9.95 Å². The smallest absolute Gasteiger partial charge is 0.0788 e. The first-order valence-corrected chi connectivity index (χ1v) is 5.28. The predicted molar refractivity (Wildman–Crippen MR) is 69.1 cm³/mol. The summed E-state index contributed by atoms with van der Waals surface area (Å²) in [6, 6.07) is 19.2. The fourth-order valence-electron chi connectivity index (χ4n) is 1.21. The molecule has 0 fully saturated rings. The standard InChI is InChI=1S/C12H12N2OS/c16-14(12-9-5-2-6-10-12)15-13-11-7-3-1-4-8-11/h1-10,13,16H. The second-order valence-corrected chi connectivity index (χ2v) is 3.53. The van der Waals surface area contributed by atoms with Gasteiger partial charge in [0, 0.05) is 0 Å². The van der Waals surface area contributed by atoms with Gasteiger partial charge in [0.05, 0.1) is 11.4 Å². The minimum absolute atomic E-state index is 0.856. The van der Waals surface area contributed by atoms with E-state index < -0.39 is 0 Å². The highest BCUT2D eigenvalue weighted by molar-refractivity contribution is 7.81. The lowest BCUT2D eigenvalue weighted by Gasteiger charge is -2.16. The number of rotatable bonds is 4. The maximum atomic E-state index is 5.26. The van der Waals surface area contributed by atoms with Crippen LogP contribution in [0.15, 0.2) is 60.7 Å². The molecule has 0 heterocycles. The Balaban J connectivity index is 1.92. The molecule has 2 aromatic rings. The molecule has 4 heteroatoms. The average molecular weight is 232 g/mol. The van der Waals surface area contributed by atoms with E-state index in [0.29, 0.717) is 0 Å². The lowest BCUT2D eigenvalue weighted by atomic mass is 10.3. The molecule has 0 aliphatic carbocycles. The summed E-state index contributed by atoms with van der Waals surface area (Å²) in [6.07, 6.45) is 0. The summed E-state index contributed by atoms with van der Waals surface area (Å²) in [6.45, 7) is 0. The van der Waals surface area contributed by atoms with Crippen molar-refractivity contribution in [2.24, 2.45) is 0 Å². The summed E-state index contributed by atoms with van der Waals surface area (Å²) in [5.74, 6) is 0. The fraction of sp³-hybridized carbons (Fsp3) is 0. The Labute approximate surface area is 100 Å². The highest BCUT2D eigenvalue weighted by Gasteiger charge is 2.00. The molecule has 2 aromatic carbocycles. The lowest BCUT2D eigenvalue weighted by Crippen LogP contribution is -2.16. The van der Waals surface area contributed by atoms with Crippen LogP contribution in [0, 0.1) is 0 Å². The number of hydrogen-bond donors (Lipinski definition) is 2. The van der Waals surface area contributed by atoms with E-state index in [1.54, 1.807) is 0 Å². The zero-order chi connectivity index (χ0) is 11.2. The summed E-state index contributed by atoms with van der Waals surface area (Å²) < 4.78 is 1.37. The zero-order valence-corrected chi connectivity index (χ0v) is 9.47. The number of para-hydroxylation sites is 2. The van der Waals surface area contributed by atoms with Crippen LogP contribution in [0.1, 0.15) is 0 Å². The average Bonchev–Trinajstić information content (AvgIpc) is 2.38. The second-order valence-electron chi connectivity index (χ2n) is 3.17. The van der Waals surface area contributed by atoms with Crippen molar-refractivity contribution in [3.8, 4) is 0 Å². The lowest BCUT2D eigenvalue weighted by molar-refractivity contribution is 0.221. The molecule has 82 valence electrons. The summed E-state index contributed by atoms with van der Waals surface area (Å²) >= 11 is 4.20. The van der Waals surface area contributed by atoms with E-state index in [-0.39, 0.29) is 0 Å². The van der Waals surface area contributed by atoms with Crippen LogP contribution in [0.4, 0.5) is 11.4 Å². The van der Waals surface area contributed by atoms with Gasteiger partial charge in [-0.15, -0.1) is 4.94 Å². The number of benzene rings is 2. The Morgan fingerprint density at radius 3 is 2.06 bits per heavy atom. The maximum absolute atomic E-state index is 5.26. The van der Waals surface area contributed by atoms with Crippen LogP contribution in [-0.2, 0) is 4.94 Å². The monoisotopic (exact) mass is 232 g/mol. The quantitative estimate of drug-likeness (QED) is 0.625. The molecule has 3 nitrogen and oxygen atoms in total. The fourth-order valence-corrected chi connectivity index (χ4v) is 1.38. The minimum atomic E-state index is 0.856. The molecular formula is C12H12N2OS. The topological polar surface area (TPSA) is 24.5 Å². The third kappa shape index (κ3) is 2.92. The Morgan fingerprint density at radius 1 is 0.875 bits per heavy atom. The van der Waals surface area contributed by atoms with Crippen LogP contribution in [0.25, 0.3) is 0 Å². The third-order valence-electron chi connectivity index (χ3n) is 2.00. The molecule has 1 N–H and O–H groups in total. The van der Waals surface area contributed by atoms with Crippen molar-refractivity contribution >= 4 is 24.2 Å². The maximum Gasteiger partial charge on any atom is 0.0788 e. The Morgan fingerprint density at radius 2 is 1.44 bits per heavy atom. The Hall–Kier alpha value is -1.65. The van der Waals surface area contributed by atoms with Gasteiger partial charge in [0.25, 0.3) is 0 Å². The second kappa shape index (κ2) is 5.44. The first kappa shape index (κ1) is 10.9. The van der Waals surface area contributed by atoms with E-state index in [9.17, 15) is 0 Å². The van der Waals surface area contributed by atoms with Crippen LogP contribution < -0.4 is 9.95 Å². The van der Waals surface area contributed by atoms with Crippen molar-refractivity contribution < 1.29 is 4.94 Å². The zero-order valence-electron chi connectivity index (χ0n) is 8.58. The van der Waals surface area contributed by atoms with Crippen molar-refractivity contribution in [2.45, 2.75) is 0 Å². The van der Waals surface area contributed by atoms with Crippen molar-refractivity contribution in [1.29, 1.82) is 0 Å². The molecule has 0 saturated heterocycles. The number of nitrogens with zero attached hydrogens (tertiary/aromatic N) is 1. The number of nitrogens with one attached hydrogen (secondary N) is 1. The summed E-state index contributed by atoms with van der Waals surface area (Å²) in [7, 11) is 0. The molecule has 16 heavy (non-hydrogen) atoms. The van der Waals surface area contributed by atoms with E-state index in [1.807, 2.05) is 60.7 Å². The molecule has 0 atom stereocenters. The van der Waals surface area contributed by atoms with E-state index in [0.717, 1.165) is 11.4 Å². The number of anilines is 2. The molecule has 0 aromatic heterocycles. The minimum Gasteiger partial charge on any atom is -0.241 e. The molecular weight excluding hydrogens is 220 g/mol. The first-order valence-electron chi connectivity index (χ1n) is 4.88. The van der Waals surface area contributed by atoms with Gasteiger partial charge in [0.15, 0.2) is 0 Å². The summed E-state index contributed by atoms with van der Waals surface area (Å²) in [5, 5.41) is 0. The number of hydrogen-bond acceptors (Lipinski definition) is 4. The van der Waals surface area contributed by atoms with Gasteiger partial charge >= 0.3 is 0 Å². The molecule has 2 rings (SSSR count). The molecule has 0 amide bonds. The highest BCUT2D eigenvalue weighted by atomic mass is 32.1. The van der Waals surface area contributed by atoms with Crippen molar-refractivity contribution in [1.82, 2.24) is 0 Å². The molecule has 0 spiro atoms. The van der Waals surface area contributed by atoms with E-state index in [4.69, 9.17) is 4.94 Å². The summed E-state index contributed by atoms with van der Waals surface area (Å²) in [4.78, 5) is 5.26. The van der Waals surface area contributed by atoms with Crippen LogP contribution in [0.3, 0.4) is 0 Å². The van der Waals surface area contributed by atoms with Gasteiger partial charge in [0.1, 0.15) is 0 Å². The van der Waals surface area contributed by atoms with E-state index in [2.05, 4.69) is 18.3 Å². The van der Waals surface area contributed by atoms with Gasteiger partial charge in [-0.25, -0.2) is 5.48 Å². The normalized spacial score (nSPS) is 9.81. The number of thiol groups is 1. The molecule has 0 aliphatic rings. The molecule has 0 bridgehead atoms. The molecule has 0 aliphatic heterocycles. The molecule has 0 unspecified atom stereocenters. The van der Waals surface area contributed by atoms with E-state index in [1.165, 1.54) is 4.47 Å². The van der Waals surface area contributed by atoms with Gasteiger partial charge in [0.2, 0.25) is 0 Å².